The molecular weight excluding hydrogens is 516 g/mol. The summed E-state index contributed by atoms with van der Waals surface area (Å²) in [7, 11) is 0. The Morgan fingerprint density at radius 1 is 1.03 bits per heavy atom. The number of carbonyl (C=O) groups excluding carboxylic acids is 3. The van der Waals surface area contributed by atoms with Crippen molar-refractivity contribution in [2.24, 2.45) is 5.92 Å². The maximum absolute atomic E-state index is 13.3. The van der Waals surface area contributed by atoms with Crippen LogP contribution in [0.4, 0.5) is 0 Å². The van der Waals surface area contributed by atoms with Gasteiger partial charge in [-0.05, 0) is 44.7 Å². The SMILES string of the molecule is CC(C)(C)OC(=O)Cc1ncc(CC[C@H]2C(=O)N(C(=O)CC(c3ccccc3)c3ccccc3)[C@@H]2C(=O)O)s1. The molecule has 0 spiro atoms. The molecule has 2 aromatic carbocycles. The van der Waals surface area contributed by atoms with Crippen LogP contribution in [0.15, 0.2) is 66.9 Å². The van der Waals surface area contributed by atoms with Gasteiger partial charge in [0.2, 0.25) is 11.8 Å². The number of hydrogen-bond donors (Lipinski definition) is 1. The molecule has 3 aromatic rings. The lowest BCUT2D eigenvalue weighted by atomic mass is 9.81. The Morgan fingerprint density at radius 3 is 2.15 bits per heavy atom. The van der Waals surface area contributed by atoms with E-state index in [2.05, 4.69) is 4.98 Å². The quantitative estimate of drug-likeness (QED) is 0.290. The molecule has 0 unspecified atom stereocenters. The number of likely N-dealkylation sites (tertiary alicyclic amines) is 1. The number of esters is 1. The fourth-order valence-electron chi connectivity index (χ4n) is 4.81. The highest BCUT2D eigenvalue weighted by Gasteiger charge is 2.54. The van der Waals surface area contributed by atoms with E-state index in [0.717, 1.165) is 20.9 Å². The Hall–Kier alpha value is -3.85. The number of aryl methyl sites for hydroxylation is 1. The Bertz CT molecular complexity index is 1290. The first-order valence-corrected chi connectivity index (χ1v) is 13.7. The van der Waals surface area contributed by atoms with Gasteiger partial charge in [0.1, 0.15) is 16.7 Å². The number of amides is 2. The van der Waals surface area contributed by atoms with Gasteiger partial charge in [-0.3, -0.25) is 19.3 Å². The summed E-state index contributed by atoms with van der Waals surface area (Å²) in [6, 6.07) is 17.8. The molecule has 1 aliphatic rings. The average molecular weight is 549 g/mol. The largest absolute Gasteiger partial charge is 0.480 e. The van der Waals surface area contributed by atoms with Crippen LogP contribution in [0.2, 0.25) is 0 Å². The van der Waals surface area contributed by atoms with Crippen molar-refractivity contribution in [3.63, 3.8) is 0 Å². The summed E-state index contributed by atoms with van der Waals surface area (Å²) < 4.78 is 5.33. The number of hydrogen-bond acceptors (Lipinski definition) is 7. The molecule has 204 valence electrons. The molecule has 1 saturated heterocycles. The number of ether oxygens (including phenoxy) is 1. The minimum absolute atomic E-state index is 0.0147. The number of nitrogens with zero attached hydrogens (tertiary/aromatic N) is 2. The van der Waals surface area contributed by atoms with Crippen molar-refractivity contribution in [1.82, 2.24) is 9.88 Å². The van der Waals surface area contributed by atoms with E-state index in [9.17, 15) is 24.3 Å². The smallest absolute Gasteiger partial charge is 0.327 e. The highest BCUT2D eigenvalue weighted by molar-refractivity contribution is 7.11. The minimum Gasteiger partial charge on any atom is -0.480 e. The van der Waals surface area contributed by atoms with E-state index in [0.29, 0.717) is 11.4 Å². The number of β-lactam (4-membered cyclic amide) rings is 1. The van der Waals surface area contributed by atoms with Gasteiger partial charge in [0.25, 0.3) is 0 Å². The van der Waals surface area contributed by atoms with Gasteiger partial charge in [-0.25, -0.2) is 9.78 Å². The van der Waals surface area contributed by atoms with Crippen molar-refractivity contribution >= 4 is 35.1 Å². The predicted molar refractivity (Wildman–Crippen MR) is 146 cm³/mol. The van der Waals surface area contributed by atoms with Crippen LogP contribution >= 0.6 is 11.3 Å². The number of carboxylic acids is 1. The zero-order valence-electron chi connectivity index (χ0n) is 22.2. The minimum atomic E-state index is -1.20. The van der Waals surface area contributed by atoms with Crippen molar-refractivity contribution < 1.29 is 29.0 Å². The molecule has 0 bridgehead atoms. The van der Waals surface area contributed by atoms with Gasteiger partial charge >= 0.3 is 11.9 Å². The Labute approximate surface area is 231 Å². The van der Waals surface area contributed by atoms with Crippen molar-refractivity contribution in [2.45, 2.75) is 64.0 Å². The van der Waals surface area contributed by atoms with Crippen LogP contribution in [0.25, 0.3) is 0 Å². The number of carbonyl (C=O) groups is 4. The first-order valence-electron chi connectivity index (χ1n) is 12.9. The lowest BCUT2D eigenvalue weighted by Gasteiger charge is -2.43. The molecule has 2 amide bonds. The van der Waals surface area contributed by atoms with E-state index in [1.165, 1.54) is 11.3 Å². The molecule has 39 heavy (non-hydrogen) atoms. The van der Waals surface area contributed by atoms with Gasteiger partial charge < -0.3 is 9.84 Å². The lowest BCUT2D eigenvalue weighted by Crippen LogP contribution is -2.66. The molecular formula is C30H32N2O6S. The number of carboxylic acid groups (broad SMARTS) is 1. The molecule has 0 radical (unpaired) electrons. The third-order valence-electron chi connectivity index (χ3n) is 6.54. The topological polar surface area (TPSA) is 114 Å². The van der Waals surface area contributed by atoms with E-state index < -0.39 is 35.3 Å². The molecule has 1 aliphatic heterocycles. The molecule has 2 atom stereocenters. The monoisotopic (exact) mass is 548 g/mol. The first kappa shape index (κ1) is 28.2. The van der Waals surface area contributed by atoms with Crippen LogP contribution in [-0.2, 0) is 36.8 Å². The summed E-state index contributed by atoms with van der Waals surface area (Å²) in [5.74, 6) is -3.64. The summed E-state index contributed by atoms with van der Waals surface area (Å²) in [4.78, 5) is 56.6. The maximum Gasteiger partial charge on any atom is 0.327 e. The molecule has 9 heteroatoms. The Balaban J connectivity index is 1.40. The third kappa shape index (κ3) is 6.97. The summed E-state index contributed by atoms with van der Waals surface area (Å²) in [5, 5.41) is 10.5. The van der Waals surface area contributed by atoms with Gasteiger partial charge in [0.05, 0.1) is 12.3 Å². The number of thiazole rings is 1. The molecule has 0 aliphatic carbocycles. The van der Waals surface area contributed by atoms with E-state index in [1.807, 2.05) is 60.7 Å². The third-order valence-corrected chi connectivity index (χ3v) is 7.59. The number of aliphatic carboxylic acids is 1. The van der Waals surface area contributed by atoms with Crippen LogP contribution in [0.1, 0.15) is 60.5 Å². The fourth-order valence-corrected chi connectivity index (χ4v) is 5.73. The summed E-state index contributed by atoms with van der Waals surface area (Å²) in [5.41, 5.74) is 1.25. The van der Waals surface area contributed by atoms with Gasteiger partial charge in [-0.2, -0.15) is 0 Å². The Morgan fingerprint density at radius 2 is 1.62 bits per heavy atom. The molecule has 1 fully saturated rings. The number of aromatic nitrogens is 1. The lowest BCUT2D eigenvalue weighted by molar-refractivity contribution is -0.177. The second-order valence-corrected chi connectivity index (χ2v) is 11.8. The van der Waals surface area contributed by atoms with Crippen LogP contribution in [0.3, 0.4) is 0 Å². The standard InChI is InChI=1S/C30H32N2O6S/c1-30(2,3)38-26(34)17-24-31-18-21(39-24)14-15-22-27(29(36)37)32(28(22)35)25(33)16-23(19-10-6-4-7-11-19)20-12-8-5-9-13-20/h4-13,18,22-23,27H,14-17H2,1-3H3,(H,36,37)/t22-,27+/m1/s1. The highest BCUT2D eigenvalue weighted by atomic mass is 32.1. The second kappa shape index (κ2) is 11.9. The van der Waals surface area contributed by atoms with Gasteiger partial charge in [-0.15, -0.1) is 11.3 Å². The number of imide groups is 1. The fraction of sp³-hybridized carbons (Fsp3) is 0.367. The van der Waals surface area contributed by atoms with E-state index in [-0.39, 0.29) is 31.1 Å². The van der Waals surface area contributed by atoms with Crippen LogP contribution in [0.5, 0.6) is 0 Å². The normalized spacial score (nSPS) is 17.1. The zero-order chi connectivity index (χ0) is 28.2. The van der Waals surface area contributed by atoms with Crippen LogP contribution in [-0.4, -0.2) is 50.4 Å². The van der Waals surface area contributed by atoms with Gasteiger partial charge in [0.15, 0.2) is 0 Å². The van der Waals surface area contributed by atoms with Crippen molar-refractivity contribution in [2.75, 3.05) is 0 Å². The van der Waals surface area contributed by atoms with Crippen molar-refractivity contribution in [1.29, 1.82) is 0 Å². The summed E-state index contributed by atoms with van der Waals surface area (Å²) in [6.45, 7) is 5.39. The van der Waals surface area contributed by atoms with Crippen LogP contribution < -0.4 is 0 Å². The maximum atomic E-state index is 13.3. The number of rotatable bonds is 10. The molecule has 4 rings (SSSR count). The summed E-state index contributed by atoms with van der Waals surface area (Å²) in [6.07, 6.45) is 2.36. The van der Waals surface area contributed by atoms with E-state index in [1.54, 1.807) is 27.0 Å². The van der Waals surface area contributed by atoms with Gasteiger partial charge in [-0.1, -0.05) is 60.7 Å². The molecule has 1 aromatic heterocycles. The molecule has 2 heterocycles. The predicted octanol–water partition coefficient (Wildman–Crippen LogP) is 4.62. The Kier molecular flexibility index (Phi) is 8.60. The average Bonchev–Trinajstić information content (AvgIpc) is 3.32. The van der Waals surface area contributed by atoms with Gasteiger partial charge in [0, 0.05) is 23.4 Å². The van der Waals surface area contributed by atoms with Crippen LogP contribution in [0, 0.1) is 5.92 Å². The highest BCUT2D eigenvalue weighted by Crippen LogP contribution is 2.35. The molecule has 0 saturated carbocycles. The van der Waals surface area contributed by atoms with Crippen molar-refractivity contribution in [3.8, 4) is 0 Å². The molecule has 8 nitrogen and oxygen atoms in total. The molecule has 1 N–H and O–H groups in total. The van der Waals surface area contributed by atoms with E-state index >= 15 is 0 Å². The zero-order valence-corrected chi connectivity index (χ0v) is 23.0. The van der Waals surface area contributed by atoms with Crippen molar-refractivity contribution in [3.05, 3.63) is 87.9 Å². The number of benzene rings is 2. The van der Waals surface area contributed by atoms with E-state index in [4.69, 9.17) is 4.74 Å². The summed E-state index contributed by atoms with van der Waals surface area (Å²) >= 11 is 1.33. The second-order valence-electron chi connectivity index (χ2n) is 10.6. The first-order chi connectivity index (χ1) is 18.5.